The summed E-state index contributed by atoms with van der Waals surface area (Å²) in [6.07, 6.45) is 8.26. The van der Waals surface area contributed by atoms with E-state index in [1.165, 1.54) is 0 Å². The molecule has 4 aromatic rings. The topological polar surface area (TPSA) is 76.0 Å². The number of H-pyrrole nitrogens is 1. The van der Waals surface area contributed by atoms with Crippen LogP contribution in [0.15, 0.2) is 67.4 Å². The number of hydrogen-bond acceptors (Lipinski definition) is 4. The van der Waals surface area contributed by atoms with Crippen LogP contribution in [0.1, 0.15) is 0 Å². The second kappa shape index (κ2) is 6.78. The Bertz CT molecular complexity index is 962. The molecule has 1 aromatic carbocycles. The average Bonchev–Trinajstić information content (AvgIpc) is 3.30. The number of imidazole rings is 1. The van der Waals surface area contributed by atoms with Crippen molar-refractivity contribution < 1.29 is 9.84 Å². The molecular formula is C19H18N4O2. The van der Waals surface area contributed by atoms with Gasteiger partial charge < -0.3 is 19.4 Å². The van der Waals surface area contributed by atoms with Crippen LogP contribution >= 0.6 is 0 Å². The van der Waals surface area contributed by atoms with Crippen LogP contribution in [0.2, 0.25) is 0 Å². The molecule has 0 saturated carbocycles. The van der Waals surface area contributed by atoms with Gasteiger partial charge >= 0.3 is 0 Å². The Morgan fingerprint density at radius 1 is 1.12 bits per heavy atom. The van der Waals surface area contributed by atoms with Gasteiger partial charge in [0.15, 0.2) is 0 Å². The van der Waals surface area contributed by atoms with Crippen molar-refractivity contribution in [3.8, 4) is 17.1 Å². The Kier molecular flexibility index (Phi) is 4.18. The van der Waals surface area contributed by atoms with Gasteiger partial charge in [0.05, 0.1) is 6.54 Å². The first-order valence-corrected chi connectivity index (χ1v) is 8.10. The van der Waals surface area contributed by atoms with Crippen LogP contribution in [0, 0.1) is 0 Å². The molecule has 126 valence electrons. The first-order chi connectivity index (χ1) is 12.3. The first kappa shape index (κ1) is 15.4. The molecule has 0 amide bonds. The highest BCUT2D eigenvalue weighted by molar-refractivity contribution is 5.85. The third-order valence-electron chi connectivity index (χ3n) is 4.05. The summed E-state index contributed by atoms with van der Waals surface area (Å²) >= 11 is 0. The Morgan fingerprint density at radius 3 is 2.88 bits per heavy atom. The lowest BCUT2D eigenvalue weighted by Gasteiger charge is -2.15. The number of rotatable bonds is 6. The smallest absolute Gasteiger partial charge is 0.140 e. The molecule has 0 unspecified atom stereocenters. The van der Waals surface area contributed by atoms with Crippen molar-refractivity contribution in [2.24, 2.45) is 0 Å². The van der Waals surface area contributed by atoms with Gasteiger partial charge in [-0.15, -0.1) is 0 Å². The van der Waals surface area contributed by atoms with E-state index in [0.29, 0.717) is 6.54 Å². The highest BCUT2D eigenvalue weighted by Crippen LogP contribution is 2.24. The Hall–Kier alpha value is -3.12. The molecule has 6 nitrogen and oxygen atoms in total. The molecule has 2 N–H and O–H groups in total. The van der Waals surface area contributed by atoms with Crippen molar-refractivity contribution in [1.29, 1.82) is 0 Å². The molecule has 0 spiro atoms. The zero-order chi connectivity index (χ0) is 17.1. The van der Waals surface area contributed by atoms with Gasteiger partial charge in [0, 0.05) is 47.5 Å². The van der Waals surface area contributed by atoms with Gasteiger partial charge in [-0.2, -0.15) is 0 Å². The standard InChI is InChI=1S/C19H18N4O2/c24-15(13-25-18-3-1-2-17-16(18)6-9-21-17)12-23-11-10-22-19(23)14-4-7-20-8-5-14/h1-11,15,21,24H,12-13H2/t15-/m1/s1. The van der Waals surface area contributed by atoms with E-state index >= 15 is 0 Å². The van der Waals surface area contributed by atoms with Crippen molar-refractivity contribution >= 4 is 10.9 Å². The molecule has 3 aromatic heterocycles. The quantitative estimate of drug-likeness (QED) is 0.568. The SMILES string of the molecule is O[C@@H](COc1cccc2[nH]ccc12)Cn1ccnc1-c1ccncc1. The van der Waals surface area contributed by atoms with Gasteiger partial charge in [-0.3, -0.25) is 4.98 Å². The fraction of sp³-hybridized carbons (Fsp3) is 0.158. The molecule has 0 aliphatic carbocycles. The fourth-order valence-electron chi connectivity index (χ4n) is 2.87. The van der Waals surface area contributed by atoms with Crippen molar-refractivity contribution in [2.45, 2.75) is 12.6 Å². The molecule has 1 atom stereocenters. The van der Waals surface area contributed by atoms with Crippen LogP contribution < -0.4 is 4.74 Å². The number of pyridine rings is 1. The summed E-state index contributed by atoms with van der Waals surface area (Å²) in [5.41, 5.74) is 1.98. The van der Waals surface area contributed by atoms with E-state index in [2.05, 4.69) is 15.0 Å². The molecule has 0 aliphatic rings. The minimum Gasteiger partial charge on any atom is -0.490 e. The summed E-state index contributed by atoms with van der Waals surface area (Å²) in [7, 11) is 0. The van der Waals surface area contributed by atoms with Gasteiger partial charge in [0.25, 0.3) is 0 Å². The van der Waals surface area contributed by atoms with Gasteiger partial charge in [-0.05, 0) is 30.3 Å². The number of benzene rings is 1. The normalized spacial score (nSPS) is 12.4. The number of nitrogens with zero attached hydrogens (tertiary/aromatic N) is 3. The molecule has 4 rings (SSSR count). The minimum absolute atomic E-state index is 0.207. The molecule has 0 fully saturated rings. The highest BCUT2D eigenvalue weighted by atomic mass is 16.5. The number of ether oxygens (including phenoxy) is 1. The monoisotopic (exact) mass is 334 g/mol. The Balaban J connectivity index is 1.44. The number of aliphatic hydroxyl groups excluding tert-OH is 1. The molecule has 25 heavy (non-hydrogen) atoms. The molecule has 0 radical (unpaired) electrons. The molecular weight excluding hydrogens is 316 g/mol. The zero-order valence-corrected chi connectivity index (χ0v) is 13.5. The van der Waals surface area contributed by atoms with Crippen LogP contribution in [0.25, 0.3) is 22.3 Å². The molecule has 0 aliphatic heterocycles. The van der Waals surface area contributed by atoms with E-state index in [-0.39, 0.29) is 6.61 Å². The van der Waals surface area contributed by atoms with E-state index in [0.717, 1.165) is 28.0 Å². The van der Waals surface area contributed by atoms with Gasteiger partial charge in [-0.25, -0.2) is 4.98 Å². The number of aliphatic hydroxyl groups is 1. The largest absolute Gasteiger partial charge is 0.490 e. The summed E-state index contributed by atoms with van der Waals surface area (Å²) in [5, 5.41) is 11.4. The highest BCUT2D eigenvalue weighted by Gasteiger charge is 2.12. The summed E-state index contributed by atoms with van der Waals surface area (Å²) in [6, 6.07) is 11.6. The lowest BCUT2D eigenvalue weighted by Crippen LogP contribution is -2.23. The van der Waals surface area contributed by atoms with Crippen LogP contribution in [-0.2, 0) is 6.54 Å². The Labute approximate surface area is 144 Å². The van der Waals surface area contributed by atoms with E-state index in [1.807, 2.05) is 53.4 Å². The molecule has 3 heterocycles. The van der Waals surface area contributed by atoms with Crippen LogP contribution in [0.5, 0.6) is 5.75 Å². The number of aromatic nitrogens is 4. The number of nitrogens with one attached hydrogen (secondary N) is 1. The lowest BCUT2D eigenvalue weighted by atomic mass is 10.2. The average molecular weight is 334 g/mol. The first-order valence-electron chi connectivity index (χ1n) is 8.10. The maximum atomic E-state index is 10.4. The van der Waals surface area contributed by atoms with E-state index < -0.39 is 6.10 Å². The van der Waals surface area contributed by atoms with E-state index in [4.69, 9.17) is 4.74 Å². The second-order valence-corrected chi connectivity index (χ2v) is 5.80. The maximum Gasteiger partial charge on any atom is 0.140 e. The zero-order valence-electron chi connectivity index (χ0n) is 13.5. The summed E-state index contributed by atoms with van der Waals surface area (Å²) in [5.74, 6) is 1.56. The van der Waals surface area contributed by atoms with Crippen LogP contribution in [0.3, 0.4) is 0 Å². The van der Waals surface area contributed by atoms with Crippen molar-refractivity contribution in [1.82, 2.24) is 19.5 Å². The molecule has 0 bridgehead atoms. The molecule has 6 heteroatoms. The van der Waals surface area contributed by atoms with Gasteiger partial charge in [0.2, 0.25) is 0 Å². The van der Waals surface area contributed by atoms with Gasteiger partial charge in [0.1, 0.15) is 24.3 Å². The second-order valence-electron chi connectivity index (χ2n) is 5.80. The minimum atomic E-state index is -0.649. The fourth-order valence-corrected chi connectivity index (χ4v) is 2.87. The van der Waals surface area contributed by atoms with Crippen LogP contribution in [-0.4, -0.2) is 37.3 Å². The predicted molar refractivity (Wildman–Crippen MR) is 95.3 cm³/mol. The summed E-state index contributed by atoms with van der Waals surface area (Å²) < 4.78 is 7.74. The van der Waals surface area contributed by atoms with Crippen molar-refractivity contribution in [3.05, 3.63) is 67.4 Å². The van der Waals surface area contributed by atoms with Crippen LogP contribution in [0.4, 0.5) is 0 Å². The molecule has 0 saturated heterocycles. The Morgan fingerprint density at radius 2 is 2.00 bits per heavy atom. The number of hydrogen-bond donors (Lipinski definition) is 2. The van der Waals surface area contributed by atoms with Crippen molar-refractivity contribution in [3.63, 3.8) is 0 Å². The van der Waals surface area contributed by atoms with E-state index in [9.17, 15) is 5.11 Å². The third kappa shape index (κ3) is 3.25. The number of fused-ring (bicyclic) bond motifs is 1. The maximum absolute atomic E-state index is 10.4. The van der Waals surface area contributed by atoms with Crippen molar-refractivity contribution in [2.75, 3.05) is 6.61 Å². The van der Waals surface area contributed by atoms with E-state index in [1.54, 1.807) is 18.6 Å². The lowest BCUT2D eigenvalue weighted by molar-refractivity contribution is 0.0936. The number of aromatic amines is 1. The summed E-state index contributed by atoms with van der Waals surface area (Å²) in [4.78, 5) is 11.5. The third-order valence-corrected chi connectivity index (χ3v) is 4.05. The summed E-state index contributed by atoms with van der Waals surface area (Å²) in [6.45, 7) is 0.610. The predicted octanol–water partition coefficient (Wildman–Crippen LogP) is 2.87. The van der Waals surface area contributed by atoms with Gasteiger partial charge in [-0.1, -0.05) is 6.07 Å².